The summed E-state index contributed by atoms with van der Waals surface area (Å²) in [4.78, 5) is 41.5. The third-order valence-electron chi connectivity index (χ3n) is 5.42. The number of rotatable bonds is 8. The molecule has 3 aromatic rings. The number of aryl methyl sites for hydroxylation is 2. The molecule has 2 N–H and O–H groups in total. The number of aromatic nitrogens is 1. The lowest BCUT2D eigenvalue weighted by Gasteiger charge is -2.12. The van der Waals surface area contributed by atoms with Crippen molar-refractivity contribution in [3.63, 3.8) is 0 Å². The maximum absolute atomic E-state index is 12.6. The Balaban J connectivity index is 1.57. The first kappa shape index (κ1) is 25.0. The highest BCUT2D eigenvalue weighted by atomic mass is 32.2. The van der Waals surface area contributed by atoms with Gasteiger partial charge in [0.15, 0.2) is 6.61 Å². The second kappa shape index (κ2) is 11.5. The molecule has 0 fully saturated rings. The van der Waals surface area contributed by atoms with Gasteiger partial charge in [-0.15, -0.1) is 0 Å². The van der Waals surface area contributed by atoms with Crippen molar-refractivity contribution in [1.29, 1.82) is 0 Å². The van der Waals surface area contributed by atoms with Crippen LogP contribution in [0, 0.1) is 27.7 Å². The summed E-state index contributed by atoms with van der Waals surface area (Å²) < 4.78 is 5.20. The fourth-order valence-electron chi connectivity index (χ4n) is 3.15. The average Bonchev–Trinajstić information content (AvgIpc) is 2.82. The third kappa shape index (κ3) is 6.45. The van der Waals surface area contributed by atoms with Crippen molar-refractivity contribution in [3.8, 4) is 0 Å². The number of pyridine rings is 1. The Kier molecular flexibility index (Phi) is 8.43. The summed E-state index contributed by atoms with van der Waals surface area (Å²) in [5.74, 6) is -1.26. The first-order valence-corrected chi connectivity index (χ1v) is 11.7. The Labute approximate surface area is 203 Å². The molecule has 0 atom stereocenters. The molecule has 0 saturated carbocycles. The van der Waals surface area contributed by atoms with Gasteiger partial charge in [0, 0.05) is 17.6 Å². The molecule has 34 heavy (non-hydrogen) atoms. The third-order valence-corrected chi connectivity index (χ3v) is 6.43. The van der Waals surface area contributed by atoms with Gasteiger partial charge >= 0.3 is 5.97 Å². The van der Waals surface area contributed by atoms with Gasteiger partial charge in [0.2, 0.25) is 5.91 Å². The minimum atomic E-state index is -0.679. The number of carbonyl (C=O) groups excluding carboxylic acids is 3. The van der Waals surface area contributed by atoms with E-state index in [0.717, 1.165) is 39.7 Å². The first-order chi connectivity index (χ1) is 16.3. The number of hydrogen-bond acceptors (Lipinski definition) is 6. The van der Waals surface area contributed by atoms with Crippen molar-refractivity contribution in [2.45, 2.75) is 32.7 Å². The maximum atomic E-state index is 12.6. The highest BCUT2D eigenvalue weighted by Gasteiger charge is 2.17. The predicted molar refractivity (Wildman–Crippen MR) is 134 cm³/mol. The Hall–Kier alpha value is -3.65. The summed E-state index contributed by atoms with van der Waals surface area (Å²) in [5, 5.41) is 6.00. The van der Waals surface area contributed by atoms with Crippen LogP contribution >= 0.6 is 11.8 Å². The molecule has 8 heteroatoms. The van der Waals surface area contributed by atoms with Crippen LogP contribution in [0.25, 0.3) is 0 Å². The highest BCUT2D eigenvalue weighted by molar-refractivity contribution is 8.00. The summed E-state index contributed by atoms with van der Waals surface area (Å²) in [6, 6.07) is 14.5. The molecule has 0 spiro atoms. The normalized spacial score (nSPS) is 10.5. The van der Waals surface area contributed by atoms with Crippen LogP contribution < -0.4 is 10.6 Å². The number of amides is 2. The molecule has 176 valence electrons. The summed E-state index contributed by atoms with van der Waals surface area (Å²) in [6.45, 7) is 7.36. The predicted octanol–water partition coefficient (Wildman–Crippen LogP) is 4.84. The molecule has 0 bridgehead atoms. The second-order valence-electron chi connectivity index (χ2n) is 7.81. The lowest BCUT2D eigenvalue weighted by atomic mass is 10.1. The Morgan fingerprint density at radius 2 is 1.41 bits per heavy atom. The second-order valence-corrected chi connectivity index (χ2v) is 8.78. The van der Waals surface area contributed by atoms with Crippen LogP contribution in [0.15, 0.2) is 59.8 Å². The number of nitrogens with zero attached hydrogens (tertiary/aromatic N) is 1. The van der Waals surface area contributed by atoms with Gasteiger partial charge < -0.3 is 15.4 Å². The molecule has 0 radical (unpaired) electrons. The number of benzene rings is 2. The number of carbonyl (C=O) groups is 3. The van der Waals surface area contributed by atoms with E-state index >= 15 is 0 Å². The lowest BCUT2D eigenvalue weighted by Crippen LogP contribution is -2.22. The van der Waals surface area contributed by atoms with Crippen LogP contribution in [0.5, 0.6) is 0 Å². The van der Waals surface area contributed by atoms with E-state index in [1.165, 1.54) is 6.20 Å². The van der Waals surface area contributed by atoms with Crippen molar-refractivity contribution >= 4 is 40.9 Å². The van der Waals surface area contributed by atoms with Gasteiger partial charge in [-0.25, -0.2) is 9.78 Å². The van der Waals surface area contributed by atoms with E-state index in [9.17, 15) is 14.4 Å². The molecule has 1 heterocycles. The summed E-state index contributed by atoms with van der Waals surface area (Å²) in [6.07, 6.45) is 1.54. The van der Waals surface area contributed by atoms with Crippen LogP contribution in [-0.2, 0) is 14.3 Å². The number of esters is 1. The quantitative estimate of drug-likeness (QED) is 0.356. The number of ether oxygens (including phenoxy) is 1. The molecule has 0 saturated heterocycles. The van der Waals surface area contributed by atoms with E-state index < -0.39 is 18.5 Å². The van der Waals surface area contributed by atoms with Gasteiger partial charge in [-0.3, -0.25) is 9.59 Å². The van der Waals surface area contributed by atoms with Crippen LogP contribution in [-0.4, -0.2) is 35.1 Å². The van der Waals surface area contributed by atoms with E-state index in [4.69, 9.17) is 4.74 Å². The van der Waals surface area contributed by atoms with Crippen molar-refractivity contribution in [3.05, 3.63) is 82.5 Å². The van der Waals surface area contributed by atoms with Gasteiger partial charge in [0.25, 0.3) is 5.91 Å². The maximum Gasteiger partial charge on any atom is 0.341 e. The Bertz CT molecular complexity index is 1230. The number of hydrogen-bond donors (Lipinski definition) is 2. The van der Waals surface area contributed by atoms with E-state index in [2.05, 4.69) is 15.6 Å². The molecular weight excluding hydrogens is 450 g/mol. The molecule has 2 amide bonds. The molecule has 7 nitrogen and oxygen atoms in total. The largest absolute Gasteiger partial charge is 0.452 e. The minimum Gasteiger partial charge on any atom is -0.452 e. The molecule has 0 aliphatic carbocycles. The molecule has 2 aromatic carbocycles. The molecule has 0 aliphatic heterocycles. The lowest BCUT2D eigenvalue weighted by molar-refractivity contribution is -0.119. The van der Waals surface area contributed by atoms with Crippen LogP contribution in [0.1, 0.15) is 32.6 Å². The smallest absolute Gasteiger partial charge is 0.341 e. The first-order valence-electron chi connectivity index (χ1n) is 10.7. The van der Waals surface area contributed by atoms with Gasteiger partial charge in [-0.2, -0.15) is 0 Å². The van der Waals surface area contributed by atoms with Crippen molar-refractivity contribution in [2.24, 2.45) is 0 Å². The van der Waals surface area contributed by atoms with Gasteiger partial charge in [-0.1, -0.05) is 36.0 Å². The SMILES string of the molecule is Cc1cccc(NC(=O)COC(=O)c2cccnc2SCC(=O)Nc2cccc(C)c2C)c1C. The topological polar surface area (TPSA) is 97.4 Å². The van der Waals surface area contributed by atoms with Crippen LogP contribution in [0.2, 0.25) is 0 Å². The highest BCUT2D eigenvalue weighted by Crippen LogP contribution is 2.23. The van der Waals surface area contributed by atoms with Crippen molar-refractivity contribution < 1.29 is 19.1 Å². The summed E-state index contributed by atoms with van der Waals surface area (Å²) in [5.41, 5.74) is 5.71. The Morgan fingerprint density at radius 1 is 0.824 bits per heavy atom. The fourth-order valence-corrected chi connectivity index (χ4v) is 3.93. The zero-order chi connectivity index (χ0) is 24.7. The number of thioether (sulfide) groups is 1. The van der Waals surface area contributed by atoms with E-state index in [1.54, 1.807) is 18.2 Å². The molecule has 0 aliphatic rings. The minimum absolute atomic E-state index is 0.0673. The standard InChI is InChI=1S/C26H27N3O4S/c1-16-8-5-11-21(18(16)3)28-23(30)14-33-26(32)20-10-7-13-27-25(20)34-15-24(31)29-22-12-6-9-17(2)19(22)4/h5-13H,14-15H2,1-4H3,(H,28,30)(H,29,31). The molecule has 0 unspecified atom stereocenters. The van der Waals surface area contributed by atoms with Gasteiger partial charge in [0.05, 0.1) is 11.3 Å². The van der Waals surface area contributed by atoms with Gasteiger partial charge in [-0.05, 0) is 74.2 Å². The zero-order valence-corrected chi connectivity index (χ0v) is 20.4. The van der Waals surface area contributed by atoms with Crippen molar-refractivity contribution in [2.75, 3.05) is 23.0 Å². The van der Waals surface area contributed by atoms with Crippen LogP contribution in [0.3, 0.4) is 0 Å². The summed E-state index contributed by atoms with van der Waals surface area (Å²) in [7, 11) is 0. The van der Waals surface area contributed by atoms with Crippen molar-refractivity contribution in [1.82, 2.24) is 4.98 Å². The number of nitrogens with one attached hydrogen (secondary N) is 2. The number of anilines is 2. The van der Waals surface area contributed by atoms with E-state index in [-0.39, 0.29) is 17.2 Å². The Morgan fingerprint density at radius 3 is 2.03 bits per heavy atom. The van der Waals surface area contributed by atoms with E-state index in [1.807, 2.05) is 58.0 Å². The average molecular weight is 478 g/mol. The molecule has 1 aromatic heterocycles. The fraction of sp³-hybridized carbons (Fsp3) is 0.231. The molecule has 3 rings (SSSR count). The van der Waals surface area contributed by atoms with Crippen LogP contribution in [0.4, 0.5) is 11.4 Å². The summed E-state index contributed by atoms with van der Waals surface area (Å²) >= 11 is 1.13. The van der Waals surface area contributed by atoms with E-state index in [0.29, 0.717) is 10.7 Å². The zero-order valence-electron chi connectivity index (χ0n) is 19.6. The molecular formula is C26H27N3O4S. The van der Waals surface area contributed by atoms with Gasteiger partial charge in [0.1, 0.15) is 5.03 Å². The monoisotopic (exact) mass is 477 g/mol.